The average molecular weight is 166 g/mol. The van der Waals surface area contributed by atoms with Gasteiger partial charge in [0.05, 0.1) is 5.60 Å². The molecule has 0 amide bonds. The van der Waals surface area contributed by atoms with Crippen molar-refractivity contribution in [2.45, 2.75) is 63.6 Å². The molecule has 0 aromatic heterocycles. The number of ether oxygens (including phenoxy) is 1. The van der Waals surface area contributed by atoms with Crippen molar-refractivity contribution in [2.75, 3.05) is 0 Å². The standard InChI is InChI=1S/C11H18O/c1-9(2)8-11(9)10(12-11)6-4-3-5-7-10/h3-8H2,1-2H3. The SMILES string of the molecule is CC1(C)CC12OC21CCCCC1. The molecule has 1 aliphatic heterocycles. The second-order valence-electron chi connectivity index (χ2n) is 5.54. The van der Waals surface area contributed by atoms with Crippen LogP contribution in [0, 0.1) is 5.41 Å². The van der Waals surface area contributed by atoms with Crippen LogP contribution in [-0.2, 0) is 4.74 Å². The Morgan fingerprint density at radius 1 is 1.00 bits per heavy atom. The van der Waals surface area contributed by atoms with Crippen LogP contribution in [0.25, 0.3) is 0 Å². The predicted molar refractivity (Wildman–Crippen MR) is 48.0 cm³/mol. The van der Waals surface area contributed by atoms with Gasteiger partial charge in [-0.1, -0.05) is 33.1 Å². The molecule has 3 aliphatic rings. The molecule has 0 aromatic rings. The van der Waals surface area contributed by atoms with E-state index in [9.17, 15) is 0 Å². The molecule has 0 bridgehead atoms. The summed E-state index contributed by atoms with van der Waals surface area (Å²) in [6.45, 7) is 4.71. The first-order chi connectivity index (χ1) is 5.62. The van der Waals surface area contributed by atoms with Crippen molar-refractivity contribution in [3.05, 3.63) is 0 Å². The minimum atomic E-state index is 0.362. The normalized spacial score (nSPS) is 46.5. The Kier molecular flexibility index (Phi) is 1.07. The summed E-state index contributed by atoms with van der Waals surface area (Å²) in [7, 11) is 0. The molecule has 0 aromatic carbocycles. The number of hydrogen-bond donors (Lipinski definition) is 0. The quantitative estimate of drug-likeness (QED) is 0.504. The van der Waals surface area contributed by atoms with Gasteiger partial charge in [-0.25, -0.2) is 0 Å². The third-order valence-electron chi connectivity index (χ3n) is 4.38. The Morgan fingerprint density at radius 2 is 1.58 bits per heavy atom. The Bertz CT molecular complexity index is 225. The topological polar surface area (TPSA) is 12.5 Å². The van der Waals surface area contributed by atoms with E-state index < -0.39 is 0 Å². The first-order valence-electron chi connectivity index (χ1n) is 5.32. The molecule has 2 saturated carbocycles. The molecule has 1 unspecified atom stereocenters. The zero-order valence-electron chi connectivity index (χ0n) is 8.15. The zero-order valence-corrected chi connectivity index (χ0v) is 8.15. The van der Waals surface area contributed by atoms with E-state index in [2.05, 4.69) is 13.8 Å². The zero-order chi connectivity index (χ0) is 8.45. The van der Waals surface area contributed by atoms with Crippen LogP contribution in [0.2, 0.25) is 0 Å². The van der Waals surface area contributed by atoms with Crippen molar-refractivity contribution < 1.29 is 4.74 Å². The van der Waals surface area contributed by atoms with Gasteiger partial charge in [-0.05, 0) is 24.7 Å². The van der Waals surface area contributed by atoms with E-state index in [0.29, 0.717) is 16.6 Å². The summed E-state index contributed by atoms with van der Waals surface area (Å²) in [5.74, 6) is 0. The second kappa shape index (κ2) is 1.75. The van der Waals surface area contributed by atoms with E-state index in [4.69, 9.17) is 4.74 Å². The van der Waals surface area contributed by atoms with Gasteiger partial charge in [0.1, 0.15) is 5.60 Å². The molecule has 0 N–H and O–H groups in total. The highest BCUT2D eigenvalue weighted by Crippen LogP contribution is 2.78. The lowest BCUT2D eigenvalue weighted by atomic mass is 9.83. The van der Waals surface area contributed by atoms with Crippen LogP contribution in [0.15, 0.2) is 0 Å². The molecular weight excluding hydrogens is 148 g/mol. The molecule has 3 fully saturated rings. The molecule has 1 saturated heterocycles. The second-order valence-corrected chi connectivity index (χ2v) is 5.54. The molecular formula is C11H18O. The fourth-order valence-corrected chi connectivity index (χ4v) is 3.47. The van der Waals surface area contributed by atoms with Gasteiger partial charge < -0.3 is 4.74 Å². The minimum absolute atomic E-state index is 0.362. The maximum Gasteiger partial charge on any atom is 0.104 e. The summed E-state index contributed by atoms with van der Waals surface area (Å²) in [5, 5.41) is 0. The van der Waals surface area contributed by atoms with E-state index in [-0.39, 0.29) is 0 Å². The molecule has 0 radical (unpaired) electrons. The highest BCUT2D eigenvalue weighted by Gasteiger charge is 2.85. The van der Waals surface area contributed by atoms with Crippen LogP contribution in [0.5, 0.6) is 0 Å². The molecule has 2 spiro atoms. The monoisotopic (exact) mass is 166 g/mol. The highest BCUT2D eigenvalue weighted by atomic mass is 16.6. The number of fused-ring (bicyclic) bond motifs is 1. The van der Waals surface area contributed by atoms with Gasteiger partial charge in [0.25, 0.3) is 0 Å². The maximum absolute atomic E-state index is 6.06. The van der Waals surface area contributed by atoms with Gasteiger partial charge in [-0.2, -0.15) is 0 Å². The van der Waals surface area contributed by atoms with Crippen molar-refractivity contribution >= 4 is 0 Å². The average Bonchev–Trinajstić information content (AvgIpc) is 2.76. The third-order valence-corrected chi connectivity index (χ3v) is 4.38. The summed E-state index contributed by atoms with van der Waals surface area (Å²) < 4.78 is 6.06. The lowest BCUT2D eigenvalue weighted by Gasteiger charge is -2.18. The summed E-state index contributed by atoms with van der Waals surface area (Å²) >= 11 is 0. The van der Waals surface area contributed by atoms with Crippen molar-refractivity contribution in [3.63, 3.8) is 0 Å². The van der Waals surface area contributed by atoms with E-state index in [1.807, 2.05) is 0 Å². The summed E-state index contributed by atoms with van der Waals surface area (Å²) in [5.41, 5.74) is 1.24. The van der Waals surface area contributed by atoms with Gasteiger partial charge in [-0.15, -0.1) is 0 Å². The van der Waals surface area contributed by atoms with Crippen LogP contribution < -0.4 is 0 Å². The van der Waals surface area contributed by atoms with Gasteiger partial charge >= 0.3 is 0 Å². The highest BCUT2D eigenvalue weighted by molar-refractivity contribution is 5.33. The molecule has 1 heterocycles. The van der Waals surface area contributed by atoms with Gasteiger partial charge in [0, 0.05) is 0 Å². The largest absolute Gasteiger partial charge is 0.362 e. The summed E-state index contributed by atoms with van der Waals surface area (Å²) in [6.07, 6.45) is 8.24. The first kappa shape index (κ1) is 7.37. The number of rotatable bonds is 0. The third kappa shape index (κ3) is 0.618. The fourth-order valence-electron chi connectivity index (χ4n) is 3.47. The van der Waals surface area contributed by atoms with Crippen LogP contribution in [0.1, 0.15) is 52.4 Å². The fraction of sp³-hybridized carbons (Fsp3) is 1.00. The molecule has 1 atom stereocenters. The molecule has 12 heavy (non-hydrogen) atoms. The minimum Gasteiger partial charge on any atom is -0.362 e. The Morgan fingerprint density at radius 3 is 2.00 bits per heavy atom. The van der Waals surface area contributed by atoms with Crippen LogP contribution in [-0.4, -0.2) is 11.2 Å². The maximum atomic E-state index is 6.06. The summed E-state index contributed by atoms with van der Waals surface area (Å²) in [6, 6.07) is 0. The van der Waals surface area contributed by atoms with Crippen molar-refractivity contribution in [2.24, 2.45) is 5.41 Å². The molecule has 3 rings (SSSR count). The Hall–Kier alpha value is -0.0400. The van der Waals surface area contributed by atoms with Gasteiger partial charge in [0.15, 0.2) is 0 Å². The molecule has 2 aliphatic carbocycles. The predicted octanol–water partition coefficient (Wildman–Crippen LogP) is 2.89. The van der Waals surface area contributed by atoms with Crippen molar-refractivity contribution in [1.82, 2.24) is 0 Å². The summed E-state index contributed by atoms with van der Waals surface area (Å²) in [4.78, 5) is 0. The first-order valence-corrected chi connectivity index (χ1v) is 5.32. The lowest BCUT2D eigenvalue weighted by molar-refractivity contribution is 0.229. The van der Waals surface area contributed by atoms with Gasteiger partial charge in [-0.3, -0.25) is 0 Å². The number of hydrogen-bond acceptors (Lipinski definition) is 1. The van der Waals surface area contributed by atoms with E-state index in [1.165, 1.54) is 38.5 Å². The van der Waals surface area contributed by atoms with Gasteiger partial charge in [0.2, 0.25) is 0 Å². The van der Waals surface area contributed by atoms with Crippen LogP contribution in [0.4, 0.5) is 0 Å². The molecule has 1 nitrogen and oxygen atoms in total. The van der Waals surface area contributed by atoms with Crippen molar-refractivity contribution in [3.8, 4) is 0 Å². The van der Waals surface area contributed by atoms with E-state index in [0.717, 1.165) is 0 Å². The van der Waals surface area contributed by atoms with Crippen LogP contribution in [0.3, 0.4) is 0 Å². The van der Waals surface area contributed by atoms with E-state index >= 15 is 0 Å². The Balaban J connectivity index is 1.81. The molecule has 1 heteroatoms. The smallest absolute Gasteiger partial charge is 0.104 e. The van der Waals surface area contributed by atoms with Crippen LogP contribution >= 0.6 is 0 Å². The van der Waals surface area contributed by atoms with Crippen molar-refractivity contribution in [1.29, 1.82) is 0 Å². The lowest BCUT2D eigenvalue weighted by Crippen LogP contribution is -2.22. The molecule has 68 valence electrons. The number of epoxide rings is 1. The van der Waals surface area contributed by atoms with E-state index in [1.54, 1.807) is 0 Å². The Labute approximate surface area is 74.5 Å².